The van der Waals surface area contributed by atoms with Gasteiger partial charge in [0.15, 0.2) is 5.96 Å². The van der Waals surface area contributed by atoms with Crippen LogP contribution in [0.3, 0.4) is 0 Å². The molecule has 7 heteroatoms. The zero-order valence-electron chi connectivity index (χ0n) is 8.14. The van der Waals surface area contributed by atoms with Crippen molar-refractivity contribution < 1.29 is 0 Å². The summed E-state index contributed by atoms with van der Waals surface area (Å²) >= 11 is 7.25. The van der Waals surface area contributed by atoms with Gasteiger partial charge in [0.05, 0.1) is 10.4 Å². The Morgan fingerprint density at radius 3 is 2.53 bits per heavy atom. The predicted octanol–water partition coefficient (Wildman–Crippen LogP) is 1.05. The lowest BCUT2D eigenvalue weighted by Gasteiger charge is -2.02. The first-order valence-electron chi connectivity index (χ1n) is 4.17. The average molecular weight is 246 g/mol. The van der Waals surface area contributed by atoms with Crippen LogP contribution in [0.25, 0.3) is 0 Å². The number of hydrogen-bond donors (Lipinski definition) is 3. The molecule has 0 aromatic carbocycles. The molecule has 6 N–H and O–H groups in total. The molecule has 0 aliphatic heterocycles. The summed E-state index contributed by atoms with van der Waals surface area (Å²) in [5.74, 6) is -0.0420. The highest BCUT2D eigenvalue weighted by Crippen LogP contribution is 2.28. The van der Waals surface area contributed by atoms with Gasteiger partial charge >= 0.3 is 0 Å². The Kier molecular flexibility index (Phi) is 3.93. The number of guanidine groups is 2. The fourth-order valence-corrected chi connectivity index (χ4v) is 2.03. The molecule has 1 atom stereocenters. The van der Waals surface area contributed by atoms with Crippen molar-refractivity contribution in [2.75, 3.05) is 0 Å². The summed E-state index contributed by atoms with van der Waals surface area (Å²) in [5.41, 5.74) is 15.8. The van der Waals surface area contributed by atoms with Crippen molar-refractivity contribution in [1.82, 2.24) is 0 Å². The van der Waals surface area contributed by atoms with Crippen LogP contribution in [-0.2, 0) is 0 Å². The quantitative estimate of drug-likeness (QED) is 0.536. The lowest BCUT2D eigenvalue weighted by molar-refractivity contribution is 0.835. The zero-order chi connectivity index (χ0) is 11.4. The number of nitrogens with zero attached hydrogens (tertiary/aromatic N) is 2. The van der Waals surface area contributed by atoms with Crippen molar-refractivity contribution in [3.05, 3.63) is 21.3 Å². The Balaban J connectivity index is 2.78. The molecule has 0 aliphatic rings. The molecular formula is C8H12ClN5S. The van der Waals surface area contributed by atoms with E-state index in [-0.39, 0.29) is 18.0 Å². The molecule has 0 bridgehead atoms. The molecule has 1 aromatic heterocycles. The monoisotopic (exact) mass is 245 g/mol. The summed E-state index contributed by atoms with van der Waals surface area (Å²) in [4.78, 5) is 8.73. The van der Waals surface area contributed by atoms with Crippen LogP contribution in [0.2, 0.25) is 4.34 Å². The zero-order valence-corrected chi connectivity index (χ0v) is 9.72. The summed E-state index contributed by atoms with van der Waals surface area (Å²) < 4.78 is 0.715. The van der Waals surface area contributed by atoms with E-state index < -0.39 is 0 Å². The maximum Gasteiger partial charge on any atom is 0.219 e. The molecule has 0 saturated heterocycles. The van der Waals surface area contributed by atoms with E-state index in [4.69, 9.17) is 28.8 Å². The molecule has 0 saturated carbocycles. The summed E-state index contributed by atoms with van der Waals surface area (Å²) in [6, 6.07) is 3.60. The van der Waals surface area contributed by atoms with Crippen molar-refractivity contribution in [3.8, 4) is 0 Å². The van der Waals surface area contributed by atoms with Crippen LogP contribution in [0, 0.1) is 0 Å². The lowest BCUT2D eigenvalue weighted by atomic mass is 10.3. The molecule has 82 valence electrons. The van der Waals surface area contributed by atoms with Gasteiger partial charge in [-0.3, -0.25) is 0 Å². The SMILES string of the molecule is CC(N=C(N)N=C(N)N)c1ccc(Cl)s1. The lowest BCUT2D eigenvalue weighted by Crippen LogP contribution is -2.26. The molecular weight excluding hydrogens is 234 g/mol. The van der Waals surface area contributed by atoms with Crippen LogP contribution in [-0.4, -0.2) is 11.9 Å². The number of rotatable bonds is 2. The second-order valence-electron chi connectivity index (χ2n) is 2.84. The number of thiophene rings is 1. The molecule has 5 nitrogen and oxygen atoms in total. The number of aliphatic imine (C=N–C) groups is 2. The van der Waals surface area contributed by atoms with Gasteiger partial charge < -0.3 is 17.2 Å². The van der Waals surface area contributed by atoms with Crippen LogP contribution >= 0.6 is 22.9 Å². The van der Waals surface area contributed by atoms with Crippen molar-refractivity contribution in [1.29, 1.82) is 0 Å². The van der Waals surface area contributed by atoms with Crippen molar-refractivity contribution >= 4 is 34.9 Å². The molecule has 1 aromatic rings. The van der Waals surface area contributed by atoms with Gasteiger partial charge in [0.2, 0.25) is 5.96 Å². The Labute approximate surface area is 96.6 Å². The van der Waals surface area contributed by atoms with E-state index in [0.29, 0.717) is 4.34 Å². The van der Waals surface area contributed by atoms with Gasteiger partial charge in [-0.2, -0.15) is 4.99 Å². The van der Waals surface area contributed by atoms with E-state index in [2.05, 4.69) is 9.98 Å². The Morgan fingerprint density at radius 2 is 2.07 bits per heavy atom. The van der Waals surface area contributed by atoms with Crippen LogP contribution in [0.1, 0.15) is 17.8 Å². The standard InChI is InChI=1S/C8H12ClN5S/c1-4(5-2-3-6(9)15-5)13-8(12)14-7(10)11/h2-4H,1H3,(H6,10,11,12,13,14). The first-order valence-corrected chi connectivity index (χ1v) is 5.36. The summed E-state index contributed by atoms with van der Waals surface area (Å²) in [5, 5.41) is 0. The highest BCUT2D eigenvalue weighted by atomic mass is 35.5. The van der Waals surface area contributed by atoms with E-state index in [0.717, 1.165) is 4.88 Å². The van der Waals surface area contributed by atoms with Crippen molar-refractivity contribution in [3.63, 3.8) is 0 Å². The number of hydrogen-bond acceptors (Lipinski definition) is 2. The van der Waals surface area contributed by atoms with Gasteiger partial charge in [-0.15, -0.1) is 11.3 Å². The van der Waals surface area contributed by atoms with Crippen LogP contribution in [0.5, 0.6) is 0 Å². The molecule has 0 amide bonds. The first kappa shape index (κ1) is 11.8. The smallest absolute Gasteiger partial charge is 0.219 e. The van der Waals surface area contributed by atoms with Crippen molar-refractivity contribution in [2.45, 2.75) is 13.0 Å². The molecule has 15 heavy (non-hydrogen) atoms. The Morgan fingerprint density at radius 1 is 1.40 bits per heavy atom. The third-order valence-electron chi connectivity index (χ3n) is 1.58. The first-order chi connectivity index (χ1) is 6.99. The fraction of sp³-hybridized carbons (Fsp3) is 0.250. The van der Waals surface area contributed by atoms with E-state index in [1.54, 1.807) is 0 Å². The Hall–Kier alpha value is -1.27. The minimum Gasteiger partial charge on any atom is -0.370 e. The number of halogens is 1. The second-order valence-corrected chi connectivity index (χ2v) is 4.59. The second kappa shape index (κ2) is 4.99. The van der Waals surface area contributed by atoms with Gasteiger partial charge in [0, 0.05) is 4.88 Å². The topological polar surface area (TPSA) is 103 Å². The molecule has 1 rings (SSSR count). The minimum atomic E-state index is -0.106. The average Bonchev–Trinajstić information content (AvgIpc) is 2.49. The van der Waals surface area contributed by atoms with Gasteiger partial charge in [0.25, 0.3) is 0 Å². The normalized spacial score (nSPS) is 13.6. The van der Waals surface area contributed by atoms with Crippen molar-refractivity contribution in [2.24, 2.45) is 27.2 Å². The largest absolute Gasteiger partial charge is 0.370 e. The summed E-state index contributed by atoms with van der Waals surface area (Å²) in [6.07, 6.45) is 0. The van der Waals surface area contributed by atoms with E-state index >= 15 is 0 Å². The molecule has 0 radical (unpaired) electrons. The number of nitrogens with two attached hydrogens (primary N) is 3. The maximum absolute atomic E-state index is 5.80. The fourth-order valence-electron chi connectivity index (χ4n) is 0.976. The van der Waals surface area contributed by atoms with E-state index in [1.807, 2.05) is 19.1 Å². The van der Waals surface area contributed by atoms with Crippen LogP contribution in [0.4, 0.5) is 0 Å². The van der Waals surface area contributed by atoms with Gasteiger partial charge in [0.1, 0.15) is 0 Å². The Bertz CT molecular complexity index is 393. The van der Waals surface area contributed by atoms with Crippen LogP contribution < -0.4 is 17.2 Å². The van der Waals surface area contributed by atoms with Gasteiger partial charge in [-0.25, -0.2) is 4.99 Å². The molecule has 0 spiro atoms. The third kappa shape index (κ3) is 3.77. The highest BCUT2D eigenvalue weighted by Gasteiger charge is 2.06. The van der Waals surface area contributed by atoms with Gasteiger partial charge in [-0.1, -0.05) is 11.6 Å². The highest BCUT2D eigenvalue weighted by molar-refractivity contribution is 7.16. The molecule has 0 aliphatic carbocycles. The minimum absolute atomic E-state index is 0.0621. The molecule has 1 unspecified atom stereocenters. The van der Waals surface area contributed by atoms with Gasteiger partial charge in [-0.05, 0) is 19.1 Å². The van der Waals surface area contributed by atoms with E-state index in [1.165, 1.54) is 11.3 Å². The van der Waals surface area contributed by atoms with Crippen LogP contribution in [0.15, 0.2) is 22.1 Å². The molecule has 1 heterocycles. The molecule has 0 fully saturated rings. The third-order valence-corrected chi connectivity index (χ3v) is 2.98. The maximum atomic E-state index is 5.80. The predicted molar refractivity (Wildman–Crippen MR) is 65.2 cm³/mol. The van der Waals surface area contributed by atoms with E-state index in [9.17, 15) is 0 Å². The summed E-state index contributed by atoms with van der Waals surface area (Å²) in [6.45, 7) is 1.89. The summed E-state index contributed by atoms with van der Waals surface area (Å²) in [7, 11) is 0.